The lowest BCUT2D eigenvalue weighted by molar-refractivity contribution is -0.167. The van der Waals surface area contributed by atoms with E-state index >= 15 is 0 Å². The van der Waals surface area contributed by atoms with Crippen molar-refractivity contribution < 1.29 is 28.6 Å². The summed E-state index contributed by atoms with van der Waals surface area (Å²) in [6.45, 7) is 6.49. The van der Waals surface area contributed by atoms with E-state index in [0.29, 0.717) is 19.3 Å². The summed E-state index contributed by atoms with van der Waals surface area (Å²) in [4.78, 5) is 38.0. The van der Waals surface area contributed by atoms with Crippen LogP contribution in [0.1, 0.15) is 297 Å². The van der Waals surface area contributed by atoms with Crippen LogP contribution in [0.4, 0.5) is 0 Å². The molecule has 0 saturated heterocycles. The first kappa shape index (κ1) is 70.3. The van der Waals surface area contributed by atoms with Crippen LogP contribution in [-0.4, -0.2) is 37.2 Å². The normalized spacial score (nSPS) is 12.7. The first-order chi connectivity index (χ1) is 36.5. The summed E-state index contributed by atoms with van der Waals surface area (Å²) in [5.41, 5.74) is 0. The molecule has 74 heavy (non-hydrogen) atoms. The van der Waals surface area contributed by atoms with E-state index in [0.717, 1.165) is 109 Å². The summed E-state index contributed by atoms with van der Waals surface area (Å²) < 4.78 is 16.8. The van der Waals surface area contributed by atoms with E-state index in [1.807, 2.05) is 0 Å². The fourth-order valence-electron chi connectivity index (χ4n) is 8.65. The predicted molar refractivity (Wildman–Crippen MR) is 320 cm³/mol. The van der Waals surface area contributed by atoms with Crippen molar-refractivity contribution in [1.29, 1.82) is 0 Å². The van der Waals surface area contributed by atoms with Gasteiger partial charge >= 0.3 is 17.9 Å². The topological polar surface area (TPSA) is 78.9 Å². The van der Waals surface area contributed by atoms with E-state index in [4.69, 9.17) is 14.2 Å². The molecule has 0 bridgehead atoms. The first-order valence-corrected chi connectivity index (χ1v) is 31.2. The van der Waals surface area contributed by atoms with Gasteiger partial charge in [-0.25, -0.2) is 0 Å². The molecule has 0 radical (unpaired) electrons. The average molecular weight is 1030 g/mol. The molecule has 0 fully saturated rings. The molecular weight excluding hydrogens is 913 g/mol. The standard InChI is InChI=1S/C68H116O6/c1-4-7-10-13-16-18-20-22-24-26-28-29-30-31-32-33-34-35-36-37-38-39-40-42-43-45-47-49-52-55-58-61-67(70)73-64-65(63-72-66(69)60-57-54-51-15-12-9-6-3)74-68(71)62-59-56-53-50-48-46-44-41-27-25-23-21-19-17-14-11-8-5-2/h7,10,16,18,22,24-25,27-29,31-32,34-35,37-38,65H,4-6,8-9,11-15,17,19-21,23,26,30,33,36,39-64H2,1-3H3/b10-7-,18-16-,24-22-,27-25-,29-28-,32-31-,35-34-,38-37-. The Bertz CT molecular complexity index is 1460. The van der Waals surface area contributed by atoms with Gasteiger partial charge in [-0.3, -0.25) is 14.4 Å². The number of esters is 3. The fraction of sp³-hybridized carbons (Fsp3) is 0.721. The van der Waals surface area contributed by atoms with Crippen molar-refractivity contribution in [3.63, 3.8) is 0 Å². The molecule has 0 amide bonds. The molecule has 424 valence electrons. The van der Waals surface area contributed by atoms with Gasteiger partial charge < -0.3 is 14.2 Å². The summed E-state index contributed by atoms with van der Waals surface area (Å²) in [5.74, 6) is -0.889. The zero-order valence-electron chi connectivity index (χ0n) is 48.6. The third kappa shape index (κ3) is 59.2. The Kier molecular flexibility index (Phi) is 58.8. The number of carbonyl (C=O) groups is 3. The molecule has 1 atom stereocenters. The van der Waals surface area contributed by atoms with Crippen LogP contribution in [-0.2, 0) is 28.6 Å². The zero-order valence-corrected chi connectivity index (χ0v) is 48.6. The Morgan fingerprint density at radius 2 is 0.527 bits per heavy atom. The minimum atomic E-state index is -0.779. The van der Waals surface area contributed by atoms with Crippen molar-refractivity contribution in [2.45, 2.75) is 303 Å². The van der Waals surface area contributed by atoms with Gasteiger partial charge in [-0.1, -0.05) is 272 Å². The van der Waals surface area contributed by atoms with Crippen LogP contribution in [0.2, 0.25) is 0 Å². The van der Waals surface area contributed by atoms with E-state index in [1.54, 1.807) is 0 Å². The van der Waals surface area contributed by atoms with Gasteiger partial charge in [0, 0.05) is 19.3 Å². The third-order valence-electron chi connectivity index (χ3n) is 13.3. The Hall–Kier alpha value is -3.67. The Morgan fingerprint density at radius 1 is 0.284 bits per heavy atom. The van der Waals surface area contributed by atoms with Crippen LogP contribution in [0.5, 0.6) is 0 Å². The molecule has 0 aliphatic carbocycles. The van der Waals surface area contributed by atoms with E-state index in [2.05, 4.69) is 118 Å². The maximum atomic E-state index is 12.8. The molecule has 0 aliphatic heterocycles. The van der Waals surface area contributed by atoms with Gasteiger partial charge in [0.15, 0.2) is 6.10 Å². The minimum absolute atomic E-state index is 0.0789. The smallest absolute Gasteiger partial charge is 0.306 e. The lowest BCUT2D eigenvalue weighted by Gasteiger charge is -2.18. The lowest BCUT2D eigenvalue weighted by atomic mass is 10.1. The number of allylic oxidation sites excluding steroid dienone is 16. The largest absolute Gasteiger partial charge is 0.462 e. The fourth-order valence-corrected chi connectivity index (χ4v) is 8.65. The highest BCUT2D eigenvalue weighted by atomic mass is 16.6. The monoisotopic (exact) mass is 1030 g/mol. The second-order valence-corrected chi connectivity index (χ2v) is 20.6. The first-order valence-electron chi connectivity index (χ1n) is 31.2. The Balaban J connectivity index is 4.14. The van der Waals surface area contributed by atoms with Gasteiger partial charge in [0.05, 0.1) is 0 Å². The van der Waals surface area contributed by atoms with E-state index in [-0.39, 0.29) is 31.1 Å². The van der Waals surface area contributed by atoms with Crippen LogP contribution < -0.4 is 0 Å². The van der Waals surface area contributed by atoms with Crippen molar-refractivity contribution in [3.8, 4) is 0 Å². The maximum absolute atomic E-state index is 12.8. The molecule has 1 unspecified atom stereocenters. The highest BCUT2D eigenvalue weighted by molar-refractivity contribution is 5.71. The predicted octanol–water partition coefficient (Wildman–Crippen LogP) is 21.3. The minimum Gasteiger partial charge on any atom is -0.462 e. The molecule has 6 heteroatoms. The molecule has 0 aliphatic rings. The van der Waals surface area contributed by atoms with Crippen LogP contribution in [0, 0.1) is 0 Å². The van der Waals surface area contributed by atoms with Crippen LogP contribution in [0.25, 0.3) is 0 Å². The molecular formula is C68H116O6. The Labute approximate surface area is 457 Å². The SMILES string of the molecule is CC/C=C\C/C=C\C/C=C\C/C=C\C/C=C\C/C=C\C/C=C\CCCCCCCCCCCC(=O)OCC(COC(=O)CCCCCCCCC)OC(=O)CCCCCCCCC/C=C\CCCCCCCCC. The van der Waals surface area contributed by atoms with Crippen molar-refractivity contribution in [1.82, 2.24) is 0 Å². The zero-order chi connectivity index (χ0) is 53.6. The van der Waals surface area contributed by atoms with E-state index in [9.17, 15) is 14.4 Å². The summed E-state index contributed by atoms with van der Waals surface area (Å²) >= 11 is 0. The number of unbranched alkanes of at least 4 members (excludes halogenated alkanes) is 29. The quantitative estimate of drug-likeness (QED) is 0.0261. The Morgan fingerprint density at radius 3 is 0.838 bits per heavy atom. The van der Waals surface area contributed by atoms with Gasteiger partial charge in [0.2, 0.25) is 0 Å². The maximum Gasteiger partial charge on any atom is 0.306 e. The average Bonchev–Trinajstić information content (AvgIpc) is 3.40. The number of hydrogen-bond donors (Lipinski definition) is 0. The summed E-state index contributed by atoms with van der Waals surface area (Å²) in [7, 11) is 0. The number of hydrogen-bond acceptors (Lipinski definition) is 6. The van der Waals surface area contributed by atoms with Crippen molar-refractivity contribution >= 4 is 17.9 Å². The highest BCUT2D eigenvalue weighted by Crippen LogP contribution is 2.15. The summed E-state index contributed by atoms with van der Waals surface area (Å²) in [6.07, 6.45) is 82.9. The molecule has 0 rings (SSSR count). The van der Waals surface area contributed by atoms with E-state index < -0.39 is 6.10 Å². The lowest BCUT2D eigenvalue weighted by Crippen LogP contribution is -2.30. The molecule has 0 aromatic carbocycles. The van der Waals surface area contributed by atoms with Gasteiger partial charge in [-0.2, -0.15) is 0 Å². The van der Waals surface area contributed by atoms with Crippen molar-refractivity contribution in [3.05, 3.63) is 97.2 Å². The summed E-state index contributed by atoms with van der Waals surface area (Å²) in [6, 6.07) is 0. The highest BCUT2D eigenvalue weighted by Gasteiger charge is 2.19. The number of ether oxygens (including phenoxy) is 3. The van der Waals surface area contributed by atoms with Gasteiger partial charge in [0.25, 0.3) is 0 Å². The third-order valence-corrected chi connectivity index (χ3v) is 13.3. The molecule has 6 nitrogen and oxygen atoms in total. The van der Waals surface area contributed by atoms with Crippen molar-refractivity contribution in [2.75, 3.05) is 13.2 Å². The van der Waals surface area contributed by atoms with Gasteiger partial charge in [-0.15, -0.1) is 0 Å². The van der Waals surface area contributed by atoms with Crippen LogP contribution in [0.3, 0.4) is 0 Å². The van der Waals surface area contributed by atoms with Crippen molar-refractivity contribution in [2.24, 2.45) is 0 Å². The second kappa shape index (κ2) is 61.9. The molecule has 0 spiro atoms. The molecule has 0 N–H and O–H groups in total. The number of rotatable bonds is 56. The number of carbonyl (C=O) groups excluding carboxylic acids is 3. The van der Waals surface area contributed by atoms with Gasteiger partial charge in [-0.05, 0) is 103 Å². The molecule has 0 aromatic rings. The second-order valence-electron chi connectivity index (χ2n) is 20.6. The van der Waals surface area contributed by atoms with E-state index in [1.165, 1.54) is 148 Å². The molecule has 0 saturated carbocycles. The molecule has 0 aromatic heterocycles. The summed E-state index contributed by atoms with van der Waals surface area (Å²) in [5, 5.41) is 0. The van der Waals surface area contributed by atoms with Gasteiger partial charge in [0.1, 0.15) is 13.2 Å². The van der Waals surface area contributed by atoms with Crippen LogP contribution >= 0.6 is 0 Å². The molecule has 0 heterocycles. The van der Waals surface area contributed by atoms with Crippen LogP contribution in [0.15, 0.2) is 97.2 Å².